The summed E-state index contributed by atoms with van der Waals surface area (Å²) in [4.78, 5) is 34.9. The first kappa shape index (κ1) is 18.6. The van der Waals surface area contributed by atoms with E-state index in [1.165, 1.54) is 10.7 Å². The van der Waals surface area contributed by atoms with Crippen molar-refractivity contribution in [2.24, 2.45) is 0 Å². The molecule has 144 valence electrons. The zero-order valence-corrected chi connectivity index (χ0v) is 14.9. The van der Waals surface area contributed by atoms with Crippen LogP contribution in [0.5, 0.6) is 0 Å². The van der Waals surface area contributed by atoms with Crippen LogP contribution < -0.4 is 16.3 Å². The van der Waals surface area contributed by atoms with Gasteiger partial charge in [-0.3, -0.25) is 19.5 Å². The number of nitro benzene ring substituents is 1. The van der Waals surface area contributed by atoms with Crippen LogP contribution in [0.25, 0.3) is 0 Å². The van der Waals surface area contributed by atoms with Gasteiger partial charge in [-0.1, -0.05) is 18.6 Å². The number of aromatic nitrogens is 3. The van der Waals surface area contributed by atoms with Crippen molar-refractivity contribution in [1.29, 1.82) is 0 Å². The number of para-hydroxylation sites is 2. The lowest BCUT2D eigenvalue weighted by Gasteiger charge is -2.08. The Balaban J connectivity index is 1.50. The van der Waals surface area contributed by atoms with E-state index in [2.05, 4.69) is 15.7 Å². The molecule has 2 heterocycles. The molecule has 1 aromatic carbocycles. The summed E-state index contributed by atoms with van der Waals surface area (Å²) in [6.07, 6.45) is 3.78. The number of aryl methyl sites for hydroxylation is 1. The minimum atomic E-state index is -0.462. The Morgan fingerprint density at radius 1 is 1.22 bits per heavy atom. The van der Waals surface area contributed by atoms with Crippen molar-refractivity contribution >= 4 is 17.3 Å². The molecule has 0 saturated carbocycles. The van der Waals surface area contributed by atoms with Gasteiger partial charge in [0, 0.05) is 32.1 Å². The lowest BCUT2D eigenvalue weighted by Crippen LogP contribution is -2.35. The Labute approximate surface area is 155 Å². The van der Waals surface area contributed by atoms with Crippen LogP contribution in [0.4, 0.5) is 11.4 Å². The maximum Gasteiger partial charge on any atom is 0.346 e. The van der Waals surface area contributed by atoms with Crippen LogP contribution in [0.1, 0.15) is 25.1 Å². The molecule has 1 aliphatic heterocycles. The molecule has 2 aromatic rings. The minimum Gasteiger partial charge on any atom is -0.378 e. The average Bonchev–Trinajstić information content (AvgIpc) is 2.82. The van der Waals surface area contributed by atoms with E-state index < -0.39 is 4.92 Å². The number of nitrogens with one attached hydrogen (secondary N) is 2. The van der Waals surface area contributed by atoms with Crippen LogP contribution in [0.15, 0.2) is 29.1 Å². The first-order chi connectivity index (χ1) is 13.1. The molecule has 27 heavy (non-hydrogen) atoms. The van der Waals surface area contributed by atoms with Crippen LogP contribution in [0, 0.1) is 10.1 Å². The lowest BCUT2D eigenvalue weighted by molar-refractivity contribution is -0.384. The highest BCUT2D eigenvalue weighted by atomic mass is 16.6. The Morgan fingerprint density at radius 2 is 2.04 bits per heavy atom. The number of amides is 1. The second-order valence-electron chi connectivity index (χ2n) is 6.37. The Bertz CT molecular complexity index is 888. The summed E-state index contributed by atoms with van der Waals surface area (Å²) in [6, 6.07) is 6.31. The monoisotopic (exact) mass is 374 g/mol. The first-order valence-corrected chi connectivity index (χ1v) is 8.97. The van der Waals surface area contributed by atoms with Gasteiger partial charge in [-0.05, 0) is 18.9 Å². The van der Waals surface area contributed by atoms with Crippen LogP contribution in [-0.4, -0.2) is 38.3 Å². The summed E-state index contributed by atoms with van der Waals surface area (Å²) in [7, 11) is 0. The molecule has 1 amide bonds. The highest BCUT2D eigenvalue weighted by molar-refractivity contribution is 5.75. The molecular formula is C17H22N6O4. The average molecular weight is 374 g/mol. The molecule has 0 fully saturated rings. The van der Waals surface area contributed by atoms with Gasteiger partial charge >= 0.3 is 5.69 Å². The van der Waals surface area contributed by atoms with E-state index in [-0.39, 0.29) is 30.4 Å². The van der Waals surface area contributed by atoms with Gasteiger partial charge in [-0.2, -0.15) is 5.10 Å². The fourth-order valence-corrected chi connectivity index (χ4v) is 3.10. The number of hydrogen-bond acceptors (Lipinski definition) is 6. The second kappa shape index (κ2) is 8.47. The van der Waals surface area contributed by atoms with Crippen LogP contribution in [0.3, 0.4) is 0 Å². The summed E-state index contributed by atoms with van der Waals surface area (Å²) in [5.41, 5.74) is 0.126. The third kappa shape index (κ3) is 4.52. The highest BCUT2D eigenvalue weighted by Crippen LogP contribution is 2.22. The summed E-state index contributed by atoms with van der Waals surface area (Å²) in [6.45, 7) is 1.11. The number of rotatable bonds is 7. The standard InChI is InChI=1S/C17H22N6O4/c24-16(12-22-17(25)21-11-5-1-2-8-15(21)20-22)19-10-9-18-13-6-3-4-7-14(13)23(26)27/h3-4,6-7,18H,1-2,5,8-12H2,(H,19,24). The van der Waals surface area contributed by atoms with Gasteiger partial charge < -0.3 is 10.6 Å². The summed E-state index contributed by atoms with van der Waals surface area (Å²) >= 11 is 0. The van der Waals surface area contributed by atoms with Crippen molar-refractivity contribution in [2.45, 2.75) is 38.8 Å². The minimum absolute atomic E-state index is 0.0186. The number of carbonyl (C=O) groups excluding carboxylic acids is 1. The van der Waals surface area contributed by atoms with Crippen molar-refractivity contribution < 1.29 is 9.72 Å². The number of benzene rings is 1. The zero-order chi connectivity index (χ0) is 19.2. The molecular weight excluding hydrogens is 352 g/mol. The molecule has 2 N–H and O–H groups in total. The van der Waals surface area contributed by atoms with E-state index >= 15 is 0 Å². The van der Waals surface area contributed by atoms with Crippen LogP contribution in [-0.2, 0) is 24.3 Å². The van der Waals surface area contributed by atoms with Gasteiger partial charge in [0.15, 0.2) is 0 Å². The first-order valence-electron chi connectivity index (χ1n) is 8.97. The van der Waals surface area contributed by atoms with Gasteiger partial charge in [0.2, 0.25) is 5.91 Å². The number of fused-ring (bicyclic) bond motifs is 1. The smallest absolute Gasteiger partial charge is 0.346 e. The predicted molar refractivity (Wildman–Crippen MR) is 98.6 cm³/mol. The van der Waals surface area contributed by atoms with Gasteiger partial charge in [-0.25, -0.2) is 9.48 Å². The van der Waals surface area contributed by atoms with E-state index in [4.69, 9.17) is 0 Å². The highest BCUT2D eigenvalue weighted by Gasteiger charge is 2.17. The molecule has 0 aliphatic carbocycles. The van der Waals surface area contributed by atoms with Gasteiger partial charge in [0.1, 0.15) is 18.1 Å². The molecule has 3 rings (SSSR count). The normalized spacial score (nSPS) is 13.5. The molecule has 0 spiro atoms. The number of nitro groups is 1. The molecule has 10 heteroatoms. The summed E-state index contributed by atoms with van der Waals surface area (Å²) in [5.74, 6) is 0.415. The molecule has 1 aliphatic rings. The Morgan fingerprint density at radius 3 is 2.85 bits per heavy atom. The maximum atomic E-state index is 12.3. The third-order valence-electron chi connectivity index (χ3n) is 4.44. The second-order valence-corrected chi connectivity index (χ2v) is 6.37. The zero-order valence-electron chi connectivity index (χ0n) is 14.9. The fourth-order valence-electron chi connectivity index (χ4n) is 3.10. The third-order valence-corrected chi connectivity index (χ3v) is 4.44. The lowest BCUT2D eigenvalue weighted by atomic mass is 10.2. The Kier molecular flexibility index (Phi) is 5.84. The maximum absolute atomic E-state index is 12.3. The molecule has 0 radical (unpaired) electrons. The van der Waals surface area contributed by atoms with Crippen LogP contribution in [0.2, 0.25) is 0 Å². The molecule has 1 aromatic heterocycles. The quantitative estimate of drug-likeness (QED) is 0.422. The van der Waals surface area contributed by atoms with Crippen LogP contribution >= 0.6 is 0 Å². The topological polar surface area (TPSA) is 124 Å². The van der Waals surface area contributed by atoms with E-state index in [9.17, 15) is 19.7 Å². The van der Waals surface area contributed by atoms with Gasteiger partial charge in [-0.15, -0.1) is 0 Å². The van der Waals surface area contributed by atoms with Crippen molar-refractivity contribution in [3.63, 3.8) is 0 Å². The number of anilines is 1. The molecule has 0 atom stereocenters. The van der Waals surface area contributed by atoms with E-state index in [0.29, 0.717) is 18.8 Å². The van der Waals surface area contributed by atoms with E-state index in [0.717, 1.165) is 31.5 Å². The van der Waals surface area contributed by atoms with E-state index in [1.54, 1.807) is 22.8 Å². The summed E-state index contributed by atoms with van der Waals surface area (Å²) < 4.78 is 2.85. The van der Waals surface area contributed by atoms with Crippen molar-refractivity contribution in [2.75, 3.05) is 18.4 Å². The molecule has 0 unspecified atom stereocenters. The van der Waals surface area contributed by atoms with Crippen molar-refractivity contribution in [1.82, 2.24) is 19.7 Å². The predicted octanol–water partition coefficient (Wildman–Crippen LogP) is 0.908. The van der Waals surface area contributed by atoms with Crippen molar-refractivity contribution in [3.05, 3.63) is 50.7 Å². The Hall–Kier alpha value is -3.17. The number of hydrogen-bond donors (Lipinski definition) is 2. The summed E-state index contributed by atoms with van der Waals surface area (Å²) in [5, 5.41) is 20.8. The number of nitrogens with zero attached hydrogens (tertiary/aromatic N) is 4. The van der Waals surface area contributed by atoms with Gasteiger partial charge in [0.05, 0.1) is 4.92 Å². The van der Waals surface area contributed by atoms with Crippen molar-refractivity contribution in [3.8, 4) is 0 Å². The van der Waals surface area contributed by atoms with E-state index in [1.807, 2.05) is 0 Å². The van der Waals surface area contributed by atoms with Gasteiger partial charge in [0.25, 0.3) is 5.69 Å². The number of carbonyl (C=O) groups is 1. The molecule has 0 saturated heterocycles. The largest absolute Gasteiger partial charge is 0.378 e. The SMILES string of the molecule is O=C(Cn1nc2n(c1=O)CCCCC2)NCCNc1ccccc1[N+](=O)[O-]. The fraction of sp³-hybridized carbons (Fsp3) is 0.471. The molecule has 0 bridgehead atoms. The molecule has 10 nitrogen and oxygen atoms in total.